The van der Waals surface area contributed by atoms with Gasteiger partial charge in [-0.05, 0) is 48.1 Å². The van der Waals surface area contributed by atoms with E-state index in [2.05, 4.69) is 17.4 Å². The molecule has 0 radical (unpaired) electrons. The van der Waals surface area contributed by atoms with E-state index in [1.807, 2.05) is 30.3 Å². The van der Waals surface area contributed by atoms with Gasteiger partial charge in [0, 0.05) is 6.54 Å². The van der Waals surface area contributed by atoms with E-state index in [-0.39, 0.29) is 11.8 Å². The molecule has 0 aromatic heterocycles. The Labute approximate surface area is 142 Å². The van der Waals surface area contributed by atoms with Gasteiger partial charge in [-0.2, -0.15) is 0 Å². The lowest BCUT2D eigenvalue weighted by Gasteiger charge is -2.24. The van der Waals surface area contributed by atoms with E-state index in [1.165, 1.54) is 11.1 Å². The summed E-state index contributed by atoms with van der Waals surface area (Å²) in [5, 5.41) is 3.06. The van der Waals surface area contributed by atoms with E-state index in [9.17, 15) is 4.79 Å². The van der Waals surface area contributed by atoms with Gasteiger partial charge < -0.3 is 14.8 Å². The highest BCUT2D eigenvalue weighted by Gasteiger charge is 2.25. The first kappa shape index (κ1) is 16.4. The lowest BCUT2D eigenvalue weighted by Crippen LogP contribution is -2.31. The van der Waals surface area contributed by atoms with Gasteiger partial charge in [0.1, 0.15) is 0 Å². The van der Waals surface area contributed by atoms with Gasteiger partial charge in [-0.15, -0.1) is 0 Å². The van der Waals surface area contributed by atoms with E-state index in [1.54, 1.807) is 14.2 Å². The molecule has 1 atom stereocenters. The second kappa shape index (κ2) is 7.39. The normalized spacial score (nSPS) is 16.2. The van der Waals surface area contributed by atoms with Gasteiger partial charge in [-0.3, -0.25) is 4.79 Å². The predicted molar refractivity (Wildman–Crippen MR) is 93.5 cm³/mol. The molecule has 1 aliphatic rings. The average Bonchev–Trinajstić information content (AvgIpc) is 2.65. The monoisotopic (exact) mass is 325 g/mol. The first-order valence-corrected chi connectivity index (χ1v) is 8.29. The fourth-order valence-electron chi connectivity index (χ4n) is 3.33. The molecule has 24 heavy (non-hydrogen) atoms. The summed E-state index contributed by atoms with van der Waals surface area (Å²) < 4.78 is 10.5. The minimum atomic E-state index is -0.0462. The zero-order valence-corrected chi connectivity index (χ0v) is 14.2. The van der Waals surface area contributed by atoms with Crippen molar-refractivity contribution in [1.29, 1.82) is 0 Å². The minimum absolute atomic E-state index is 0.0462. The molecule has 0 spiro atoms. The van der Waals surface area contributed by atoms with Crippen molar-refractivity contribution < 1.29 is 14.3 Å². The third-order valence-electron chi connectivity index (χ3n) is 4.60. The Bertz CT molecular complexity index is 727. The average molecular weight is 325 g/mol. The van der Waals surface area contributed by atoms with Gasteiger partial charge in [0.25, 0.3) is 0 Å². The van der Waals surface area contributed by atoms with Crippen molar-refractivity contribution in [2.24, 2.45) is 0 Å². The van der Waals surface area contributed by atoms with E-state index < -0.39 is 0 Å². The topological polar surface area (TPSA) is 47.6 Å². The molecular weight excluding hydrogens is 302 g/mol. The third kappa shape index (κ3) is 3.37. The molecular formula is C20H23NO3. The minimum Gasteiger partial charge on any atom is -0.493 e. The first-order valence-electron chi connectivity index (χ1n) is 8.29. The van der Waals surface area contributed by atoms with Crippen LogP contribution in [-0.2, 0) is 17.8 Å². The molecule has 1 N–H and O–H groups in total. The predicted octanol–water partition coefficient (Wildman–Crippen LogP) is 3.44. The summed E-state index contributed by atoms with van der Waals surface area (Å²) in [5.74, 6) is 1.41. The van der Waals surface area contributed by atoms with E-state index in [0.717, 1.165) is 24.8 Å². The summed E-state index contributed by atoms with van der Waals surface area (Å²) in [4.78, 5) is 12.6. The molecule has 0 heterocycles. The smallest absolute Gasteiger partial charge is 0.227 e. The highest BCUT2D eigenvalue weighted by atomic mass is 16.5. The first-order chi connectivity index (χ1) is 11.7. The van der Waals surface area contributed by atoms with Crippen LogP contribution in [0.15, 0.2) is 42.5 Å². The van der Waals surface area contributed by atoms with Crippen molar-refractivity contribution in [3.05, 3.63) is 59.2 Å². The summed E-state index contributed by atoms with van der Waals surface area (Å²) >= 11 is 0. The Morgan fingerprint density at radius 3 is 2.71 bits per heavy atom. The van der Waals surface area contributed by atoms with Crippen LogP contribution in [0.25, 0.3) is 0 Å². The van der Waals surface area contributed by atoms with Crippen LogP contribution >= 0.6 is 0 Å². The Hall–Kier alpha value is -2.49. The zero-order valence-electron chi connectivity index (χ0n) is 14.2. The summed E-state index contributed by atoms with van der Waals surface area (Å²) in [6, 6.07) is 14.0. The largest absolute Gasteiger partial charge is 0.493 e. The summed E-state index contributed by atoms with van der Waals surface area (Å²) in [5.41, 5.74) is 3.47. The van der Waals surface area contributed by atoms with Gasteiger partial charge in [0.05, 0.1) is 20.1 Å². The lowest BCUT2D eigenvalue weighted by atomic mass is 9.82. The van der Waals surface area contributed by atoms with Crippen molar-refractivity contribution in [1.82, 2.24) is 5.32 Å². The number of ether oxygens (including phenoxy) is 2. The van der Waals surface area contributed by atoms with Crippen LogP contribution in [0.5, 0.6) is 11.5 Å². The van der Waals surface area contributed by atoms with Crippen molar-refractivity contribution >= 4 is 5.91 Å². The SMILES string of the molecule is COc1ccc(CNC(=O)C2CCCc3ccccc32)cc1OC. The van der Waals surface area contributed by atoms with Gasteiger partial charge in [-0.1, -0.05) is 30.3 Å². The van der Waals surface area contributed by atoms with Crippen LogP contribution in [0, 0.1) is 0 Å². The van der Waals surface area contributed by atoms with Gasteiger partial charge in [0.15, 0.2) is 11.5 Å². The molecule has 1 unspecified atom stereocenters. The molecule has 0 saturated heterocycles. The molecule has 0 saturated carbocycles. The van der Waals surface area contributed by atoms with Gasteiger partial charge in [-0.25, -0.2) is 0 Å². The van der Waals surface area contributed by atoms with Crippen molar-refractivity contribution in [2.75, 3.05) is 14.2 Å². The lowest BCUT2D eigenvalue weighted by molar-refractivity contribution is -0.123. The Balaban J connectivity index is 1.68. The summed E-state index contributed by atoms with van der Waals surface area (Å²) in [6.45, 7) is 0.484. The van der Waals surface area contributed by atoms with E-state index in [0.29, 0.717) is 18.0 Å². The van der Waals surface area contributed by atoms with Crippen LogP contribution in [-0.4, -0.2) is 20.1 Å². The molecule has 0 aliphatic heterocycles. The number of fused-ring (bicyclic) bond motifs is 1. The van der Waals surface area contributed by atoms with Gasteiger partial charge in [0.2, 0.25) is 5.91 Å². The highest BCUT2D eigenvalue weighted by molar-refractivity contribution is 5.84. The molecule has 0 fully saturated rings. The highest BCUT2D eigenvalue weighted by Crippen LogP contribution is 2.32. The summed E-state index contributed by atoms with van der Waals surface area (Å²) in [6.07, 6.45) is 3.04. The van der Waals surface area contributed by atoms with Crippen LogP contribution in [0.3, 0.4) is 0 Å². The zero-order chi connectivity index (χ0) is 16.9. The van der Waals surface area contributed by atoms with E-state index >= 15 is 0 Å². The number of amides is 1. The van der Waals surface area contributed by atoms with Crippen LogP contribution in [0.1, 0.15) is 35.4 Å². The maximum atomic E-state index is 12.6. The number of hydrogen-bond acceptors (Lipinski definition) is 3. The van der Waals surface area contributed by atoms with Crippen LogP contribution in [0.4, 0.5) is 0 Å². The van der Waals surface area contributed by atoms with Crippen molar-refractivity contribution in [3.8, 4) is 11.5 Å². The van der Waals surface area contributed by atoms with Crippen LogP contribution < -0.4 is 14.8 Å². The second-order valence-corrected chi connectivity index (χ2v) is 6.05. The molecule has 4 heteroatoms. The fraction of sp³-hybridized carbons (Fsp3) is 0.350. The number of methoxy groups -OCH3 is 2. The molecule has 2 aromatic rings. The molecule has 4 nitrogen and oxygen atoms in total. The number of carbonyl (C=O) groups excluding carboxylic acids is 1. The molecule has 3 rings (SSSR count). The Kier molecular flexibility index (Phi) is 5.04. The number of benzene rings is 2. The number of carbonyl (C=O) groups is 1. The number of rotatable bonds is 5. The third-order valence-corrected chi connectivity index (χ3v) is 4.60. The van der Waals surface area contributed by atoms with E-state index in [4.69, 9.17) is 9.47 Å². The number of nitrogens with one attached hydrogen (secondary N) is 1. The maximum Gasteiger partial charge on any atom is 0.227 e. The van der Waals surface area contributed by atoms with Crippen molar-refractivity contribution in [3.63, 3.8) is 0 Å². The fourth-order valence-corrected chi connectivity index (χ4v) is 3.33. The molecule has 1 aliphatic carbocycles. The van der Waals surface area contributed by atoms with Crippen LogP contribution in [0.2, 0.25) is 0 Å². The molecule has 126 valence electrons. The Morgan fingerprint density at radius 1 is 1.12 bits per heavy atom. The molecule has 1 amide bonds. The van der Waals surface area contributed by atoms with Crippen molar-refractivity contribution in [2.45, 2.75) is 31.7 Å². The standard InChI is InChI=1S/C20H23NO3/c1-23-18-11-10-14(12-19(18)24-2)13-21-20(22)17-9-5-7-15-6-3-4-8-16(15)17/h3-4,6,8,10-12,17H,5,7,9,13H2,1-2H3,(H,21,22). The second-order valence-electron chi connectivity index (χ2n) is 6.05. The maximum absolute atomic E-state index is 12.6. The molecule has 2 aromatic carbocycles. The quantitative estimate of drug-likeness (QED) is 0.916. The Morgan fingerprint density at radius 2 is 1.92 bits per heavy atom. The number of hydrogen-bond donors (Lipinski definition) is 1. The molecule has 0 bridgehead atoms. The summed E-state index contributed by atoms with van der Waals surface area (Å²) in [7, 11) is 3.22. The van der Waals surface area contributed by atoms with Gasteiger partial charge >= 0.3 is 0 Å². The number of aryl methyl sites for hydroxylation is 1.